The molecule has 1 aromatic rings. The normalized spacial score (nSPS) is 14.8. The van der Waals surface area contributed by atoms with Crippen LogP contribution in [0, 0.1) is 0 Å². The molecule has 7 heteroatoms. The van der Waals surface area contributed by atoms with Crippen LogP contribution in [0.4, 0.5) is 0 Å². The summed E-state index contributed by atoms with van der Waals surface area (Å²) >= 11 is 0. The first-order valence-corrected chi connectivity index (χ1v) is 6.55. The van der Waals surface area contributed by atoms with E-state index in [0.29, 0.717) is 30.3 Å². The number of aliphatic hydroxyl groups is 1. The van der Waals surface area contributed by atoms with Gasteiger partial charge in [-0.3, -0.25) is 4.79 Å². The molecule has 1 atom stereocenters. The van der Waals surface area contributed by atoms with Crippen molar-refractivity contribution in [2.45, 2.75) is 12.5 Å². The van der Waals surface area contributed by atoms with E-state index in [4.69, 9.17) is 14.6 Å². The van der Waals surface area contributed by atoms with Crippen LogP contribution in [0.3, 0.4) is 0 Å². The van der Waals surface area contributed by atoms with Gasteiger partial charge in [-0.2, -0.15) is 0 Å². The maximum absolute atomic E-state index is 12.1. The summed E-state index contributed by atoms with van der Waals surface area (Å²) in [4.78, 5) is 23.4. The summed E-state index contributed by atoms with van der Waals surface area (Å²) in [5.41, 5.74) is 0.307. The molecule has 0 saturated carbocycles. The Morgan fingerprint density at radius 3 is 2.71 bits per heavy atom. The monoisotopic (exact) mass is 295 g/mol. The average molecular weight is 295 g/mol. The van der Waals surface area contributed by atoms with E-state index in [-0.39, 0.29) is 0 Å². The van der Waals surface area contributed by atoms with E-state index in [9.17, 15) is 9.59 Å². The Hall–Kier alpha value is -2.28. The number of rotatable bonds is 4. The third-order valence-electron chi connectivity index (χ3n) is 2.98. The first-order chi connectivity index (χ1) is 10.2. The van der Waals surface area contributed by atoms with Crippen molar-refractivity contribution in [2.75, 3.05) is 26.9 Å². The highest BCUT2D eigenvalue weighted by molar-refractivity contribution is 5.97. The number of carbonyl (C=O) groups excluding carboxylic acids is 2. The lowest BCUT2D eigenvalue weighted by molar-refractivity contribution is -0.143. The topological polar surface area (TPSA) is 94.1 Å². The summed E-state index contributed by atoms with van der Waals surface area (Å²) in [5.74, 6) is -0.148. The number of esters is 1. The maximum atomic E-state index is 12.1. The van der Waals surface area contributed by atoms with Gasteiger partial charge in [-0.1, -0.05) is 0 Å². The Balaban J connectivity index is 2.12. The lowest BCUT2D eigenvalue weighted by Gasteiger charge is -2.14. The lowest BCUT2D eigenvalue weighted by Crippen LogP contribution is -2.44. The molecule has 114 valence electrons. The van der Waals surface area contributed by atoms with Crippen molar-refractivity contribution in [3.63, 3.8) is 0 Å². The molecule has 1 unspecified atom stereocenters. The highest BCUT2D eigenvalue weighted by Crippen LogP contribution is 2.30. The minimum absolute atomic E-state index is 0.307. The Kier molecular flexibility index (Phi) is 4.99. The van der Waals surface area contributed by atoms with Gasteiger partial charge in [-0.05, 0) is 18.2 Å². The van der Waals surface area contributed by atoms with Crippen LogP contribution in [-0.2, 0) is 9.53 Å². The molecule has 0 aromatic heterocycles. The Bertz CT molecular complexity index is 530. The third-order valence-corrected chi connectivity index (χ3v) is 2.98. The smallest absolute Gasteiger partial charge is 0.330 e. The van der Waals surface area contributed by atoms with Gasteiger partial charge >= 0.3 is 5.97 Å². The Morgan fingerprint density at radius 1 is 1.33 bits per heavy atom. The van der Waals surface area contributed by atoms with Gasteiger partial charge in [0.25, 0.3) is 5.91 Å². The van der Waals surface area contributed by atoms with Crippen molar-refractivity contribution in [1.29, 1.82) is 0 Å². The molecule has 0 bridgehead atoms. The number of hydrogen-bond acceptors (Lipinski definition) is 6. The predicted molar refractivity (Wildman–Crippen MR) is 72.4 cm³/mol. The van der Waals surface area contributed by atoms with Gasteiger partial charge in [0, 0.05) is 12.0 Å². The minimum Gasteiger partial charge on any atom is -0.490 e. The molecule has 7 nitrogen and oxygen atoms in total. The highest BCUT2D eigenvalue weighted by Gasteiger charge is 2.22. The number of ether oxygens (including phenoxy) is 3. The molecule has 0 spiro atoms. The van der Waals surface area contributed by atoms with Gasteiger partial charge in [0.05, 0.1) is 26.9 Å². The fraction of sp³-hybridized carbons (Fsp3) is 0.429. The van der Waals surface area contributed by atoms with Crippen molar-refractivity contribution < 1.29 is 28.9 Å². The fourth-order valence-electron chi connectivity index (χ4n) is 1.87. The second kappa shape index (κ2) is 6.94. The molecule has 0 aliphatic carbocycles. The van der Waals surface area contributed by atoms with Crippen LogP contribution in [0.25, 0.3) is 0 Å². The van der Waals surface area contributed by atoms with Gasteiger partial charge < -0.3 is 24.6 Å². The molecule has 0 saturated heterocycles. The largest absolute Gasteiger partial charge is 0.490 e. The number of nitrogens with one attached hydrogen (secondary N) is 1. The van der Waals surface area contributed by atoms with Crippen molar-refractivity contribution in [3.8, 4) is 11.5 Å². The zero-order valence-corrected chi connectivity index (χ0v) is 11.6. The van der Waals surface area contributed by atoms with Crippen LogP contribution in [0.15, 0.2) is 18.2 Å². The molecule has 1 amide bonds. The van der Waals surface area contributed by atoms with Crippen molar-refractivity contribution in [3.05, 3.63) is 23.8 Å². The number of amides is 1. The minimum atomic E-state index is -1.10. The summed E-state index contributed by atoms with van der Waals surface area (Å²) in [7, 11) is 1.19. The third kappa shape index (κ3) is 3.63. The van der Waals surface area contributed by atoms with E-state index in [1.807, 2.05) is 0 Å². The maximum Gasteiger partial charge on any atom is 0.330 e. The summed E-state index contributed by atoms with van der Waals surface area (Å²) in [5, 5.41) is 11.5. The Labute approximate surface area is 121 Å². The van der Waals surface area contributed by atoms with Crippen LogP contribution >= 0.6 is 0 Å². The lowest BCUT2D eigenvalue weighted by atomic mass is 10.1. The van der Waals surface area contributed by atoms with E-state index < -0.39 is 24.5 Å². The highest BCUT2D eigenvalue weighted by atomic mass is 16.5. The van der Waals surface area contributed by atoms with Crippen molar-refractivity contribution in [2.24, 2.45) is 0 Å². The number of benzene rings is 1. The molecule has 2 rings (SSSR count). The van der Waals surface area contributed by atoms with E-state index in [2.05, 4.69) is 10.1 Å². The zero-order valence-electron chi connectivity index (χ0n) is 11.6. The summed E-state index contributed by atoms with van der Waals surface area (Å²) in [6.45, 7) is 0.538. The first kappa shape index (κ1) is 15.1. The molecule has 1 heterocycles. The standard InChI is InChI=1S/C14H17NO6/c1-19-14(18)10(8-16)15-13(17)9-3-4-11-12(7-9)21-6-2-5-20-11/h3-4,7,10,16H,2,5-6,8H2,1H3,(H,15,17). The second-order valence-corrected chi connectivity index (χ2v) is 4.44. The van der Waals surface area contributed by atoms with Gasteiger partial charge in [0.15, 0.2) is 17.5 Å². The summed E-state index contributed by atoms with van der Waals surface area (Å²) in [6.07, 6.45) is 0.769. The van der Waals surface area contributed by atoms with Gasteiger partial charge in [-0.15, -0.1) is 0 Å². The van der Waals surface area contributed by atoms with Crippen LogP contribution in [-0.4, -0.2) is 50.0 Å². The summed E-state index contributed by atoms with van der Waals surface area (Å²) < 4.78 is 15.5. The van der Waals surface area contributed by atoms with Gasteiger partial charge in [0.1, 0.15) is 0 Å². The molecular formula is C14H17NO6. The van der Waals surface area contributed by atoms with E-state index in [1.165, 1.54) is 7.11 Å². The number of fused-ring (bicyclic) bond motifs is 1. The van der Waals surface area contributed by atoms with Crippen molar-refractivity contribution in [1.82, 2.24) is 5.32 Å². The quantitative estimate of drug-likeness (QED) is 0.766. The van der Waals surface area contributed by atoms with Gasteiger partial charge in [0.2, 0.25) is 0 Å². The first-order valence-electron chi connectivity index (χ1n) is 6.55. The van der Waals surface area contributed by atoms with Crippen LogP contribution in [0.1, 0.15) is 16.8 Å². The molecule has 0 radical (unpaired) electrons. The predicted octanol–water partition coefficient (Wildman–Crippen LogP) is 0.112. The van der Waals surface area contributed by atoms with Crippen molar-refractivity contribution >= 4 is 11.9 Å². The van der Waals surface area contributed by atoms with Crippen LogP contribution in [0.2, 0.25) is 0 Å². The number of carbonyl (C=O) groups is 2. The van der Waals surface area contributed by atoms with Gasteiger partial charge in [-0.25, -0.2) is 4.79 Å². The zero-order chi connectivity index (χ0) is 15.2. The SMILES string of the molecule is COC(=O)C(CO)NC(=O)c1ccc2c(c1)OCCCO2. The van der Waals surface area contributed by atoms with Crippen LogP contribution < -0.4 is 14.8 Å². The molecule has 2 N–H and O–H groups in total. The van der Waals surface area contributed by atoms with E-state index >= 15 is 0 Å². The number of methoxy groups -OCH3 is 1. The molecule has 1 aliphatic heterocycles. The van der Waals surface area contributed by atoms with Crippen LogP contribution in [0.5, 0.6) is 11.5 Å². The number of aliphatic hydroxyl groups excluding tert-OH is 1. The summed E-state index contributed by atoms with van der Waals surface area (Å²) in [6, 6.07) is 3.65. The Morgan fingerprint density at radius 2 is 2.05 bits per heavy atom. The average Bonchev–Trinajstić information content (AvgIpc) is 2.76. The van der Waals surface area contributed by atoms with E-state index in [0.717, 1.165) is 6.42 Å². The fourth-order valence-corrected chi connectivity index (χ4v) is 1.87. The molecule has 1 aromatic carbocycles. The number of hydrogen-bond donors (Lipinski definition) is 2. The molecule has 21 heavy (non-hydrogen) atoms. The van der Waals surface area contributed by atoms with E-state index in [1.54, 1.807) is 18.2 Å². The molecule has 1 aliphatic rings. The molecule has 0 fully saturated rings. The second-order valence-electron chi connectivity index (χ2n) is 4.44. The molecular weight excluding hydrogens is 278 g/mol.